The number of nitro groups is 3. The van der Waals surface area contributed by atoms with E-state index in [1.54, 1.807) is 20.8 Å². The molecule has 0 aliphatic rings. The van der Waals surface area contributed by atoms with Gasteiger partial charge in [-0.3, -0.25) is 44.7 Å². The summed E-state index contributed by atoms with van der Waals surface area (Å²) in [7, 11) is 0. The minimum absolute atomic E-state index is 0.119. The molecule has 10 N–H and O–H groups in total. The van der Waals surface area contributed by atoms with Gasteiger partial charge < -0.3 is 43.8 Å². The van der Waals surface area contributed by atoms with E-state index < -0.39 is 49.9 Å². The number of allylic oxidation sites excluding steroid dienone is 6. The molecule has 1 atom stereocenters. The van der Waals surface area contributed by atoms with E-state index in [-0.39, 0.29) is 28.3 Å². The molecule has 0 aromatic rings. The summed E-state index contributed by atoms with van der Waals surface area (Å²) in [6, 6.07) is -0.939. The first-order valence-corrected chi connectivity index (χ1v) is 12.8. The Bertz CT molecular complexity index is 1250. The van der Waals surface area contributed by atoms with Crippen molar-refractivity contribution in [1.29, 1.82) is 5.59 Å². The van der Waals surface area contributed by atoms with Gasteiger partial charge in [0.2, 0.25) is 17.4 Å². The summed E-state index contributed by atoms with van der Waals surface area (Å²) in [6.07, 6.45) is 4.34. The van der Waals surface area contributed by atoms with Gasteiger partial charge >= 0.3 is 0 Å². The highest BCUT2D eigenvalue weighted by molar-refractivity contribution is 6.42. The number of carbonyl (C=O) groups is 3. The number of hydrogen-bond acceptors (Lipinski definition) is 17. The van der Waals surface area contributed by atoms with Gasteiger partial charge in [-0.15, -0.1) is 0 Å². The van der Waals surface area contributed by atoms with Gasteiger partial charge in [0.25, 0.3) is 17.7 Å². The summed E-state index contributed by atoms with van der Waals surface area (Å²) in [5.74, 6) is -2.84. The monoisotopic (exact) mass is 674 g/mol. The van der Waals surface area contributed by atoms with E-state index in [0.29, 0.717) is 24.8 Å². The first-order valence-electron chi connectivity index (χ1n) is 12.8. The first-order chi connectivity index (χ1) is 21.8. The molecule has 0 rings (SSSR count). The maximum Gasteiger partial charge on any atom is 0.270 e. The van der Waals surface area contributed by atoms with Crippen LogP contribution >= 0.6 is 0 Å². The average Bonchev–Trinajstić information content (AvgIpc) is 3.02. The molecule has 3 amide bonds. The number of nitroso groups, excluding NO2 is 1. The molecule has 1 unspecified atom stereocenters. The number of carbonyl (C=O) groups excluding carboxylic acids is 3. The largest absolute Gasteiger partial charge is 0.761 e. The highest BCUT2D eigenvalue weighted by Crippen LogP contribution is 2.13. The maximum atomic E-state index is 10.7. The number of oxime groups is 1. The number of rotatable bonds is 15. The third-order valence-corrected chi connectivity index (χ3v) is 5.57. The van der Waals surface area contributed by atoms with Crippen molar-refractivity contribution in [2.24, 2.45) is 22.4 Å². The lowest BCUT2D eigenvalue weighted by Gasteiger charge is -2.11. The lowest BCUT2D eigenvalue weighted by atomic mass is 10.0. The number of hydroxylamine groups is 2. The van der Waals surface area contributed by atoms with E-state index in [9.17, 15) is 55.1 Å². The van der Waals surface area contributed by atoms with E-state index in [1.807, 2.05) is 0 Å². The molecule has 0 aliphatic carbocycles. The van der Waals surface area contributed by atoms with E-state index in [1.165, 1.54) is 31.7 Å². The molecule has 0 radical (unpaired) electrons. The fourth-order valence-corrected chi connectivity index (χ4v) is 2.79. The van der Waals surface area contributed by atoms with Crippen molar-refractivity contribution in [1.82, 2.24) is 11.0 Å². The summed E-state index contributed by atoms with van der Waals surface area (Å²) in [5.41, 5.74) is 21.3. The molecule has 47 heavy (non-hydrogen) atoms. The Morgan fingerprint density at radius 2 is 1.11 bits per heavy atom. The van der Waals surface area contributed by atoms with Gasteiger partial charge in [-0.2, -0.15) is 4.91 Å². The van der Waals surface area contributed by atoms with Crippen molar-refractivity contribution >= 4 is 23.4 Å². The van der Waals surface area contributed by atoms with Crippen molar-refractivity contribution in [3.63, 3.8) is 0 Å². The molecule has 0 saturated heterocycles. The van der Waals surface area contributed by atoms with Gasteiger partial charge in [0, 0.05) is 42.4 Å². The minimum Gasteiger partial charge on any atom is -0.761 e. The molecular weight excluding hydrogens is 636 g/mol. The van der Waals surface area contributed by atoms with Crippen LogP contribution in [0.25, 0.3) is 0 Å². The second-order valence-corrected chi connectivity index (χ2v) is 8.37. The highest BCUT2D eigenvalue weighted by Gasteiger charge is 2.19. The van der Waals surface area contributed by atoms with Gasteiger partial charge in [0.05, 0.1) is 21.2 Å². The fraction of sp³-hybridized carbons (Fsp3) is 0.417. The molecule has 0 aromatic heterocycles. The third kappa shape index (κ3) is 19.7. The predicted octanol–water partition coefficient (Wildman–Crippen LogP) is 1.44. The second kappa shape index (κ2) is 26.3. The molecule has 0 fully saturated rings. The van der Waals surface area contributed by atoms with Crippen LogP contribution in [-0.2, 0) is 14.4 Å². The summed E-state index contributed by atoms with van der Waals surface area (Å²) < 4.78 is 0. The van der Waals surface area contributed by atoms with Crippen LogP contribution in [0.5, 0.6) is 0 Å². The Hall–Kier alpha value is -6.10. The minimum atomic E-state index is -0.952. The smallest absolute Gasteiger partial charge is 0.270 e. The Morgan fingerprint density at radius 1 is 0.766 bits per heavy atom. The summed E-state index contributed by atoms with van der Waals surface area (Å²) in [4.78, 5) is 69.2. The van der Waals surface area contributed by atoms with Gasteiger partial charge in [-0.25, -0.2) is 0 Å². The molecular formula is C24H38N10O13-2. The van der Waals surface area contributed by atoms with Gasteiger partial charge in [0.15, 0.2) is 5.71 Å². The van der Waals surface area contributed by atoms with Crippen molar-refractivity contribution in [3.8, 4) is 0 Å². The molecule has 0 spiro atoms. The van der Waals surface area contributed by atoms with Crippen molar-refractivity contribution in [3.05, 3.63) is 103 Å². The fourth-order valence-electron chi connectivity index (χ4n) is 2.79. The van der Waals surface area contributed by atoms with E-state index in [2.05, 4.69) is 10.7 Å². The Morgan fingerprint density at radius 3 is 1.28 bits per heavy atom. The average molecular weight is 675 g/mol. The molecule has 0 aliphatic heterocycles. The third-order valence-electron chi connectivity index (χ3n) is 5.57. The van der Waals surface area contributed by atoms with E-state index >= 15 is 0 Å². The van der Waals surface area contributed by atoms with Crippen LogP contribution in [0.4, 0.5) is 0 Å². The van der Waals surface area contributed by atoms with E-state index in [0.717, 1.165) is 18.2 Å². The molecule has 0 aromatic carbocycles. The quantitative estimate of drug-likeness (QED) is 0.0246. The van der Waals surface area contributed by atoms with Crippen molar-refractivity contribution in [2.45, 2.75) is 66.8 Å². The molecule has 23 nitrogen and oxygen atoms in total. The van der Waals surface area contributed by atoms with Crippen LogP contribution in [0, 0.1) is 51.3 Å². The van der Waals surface area contributed by atoms with Crippen LogP contribution < -0.4 is 28.2 Å². The van der Waals surface area contributed by atoms with Crippen molar-refractivity contribution in [2.75, 3.05) is 0 Å². The molecule has 23 heteroatoms. The van der Waals surface area contributed by atoms with Crippen LogP contribution in [0.1, 0.15) is 60.8 Å². The zero-order valence-electron chi connectivity index (χ0n) is 26.3. The summed E-state index contributed by atoms with van der Waals surface area (Å²) in [5, 5.41) is 63.1. The number of primary amides is 3. The summed E-state index contributed by atoms with van der Waals surface area (Å²) in [6.45, 7) is 9.00. The number of hydrogen-bond donors (Lipinski definition) is 7. The highest BCUT2D eigenvalue weighted by atomic mass is 16.6. The normalized spacial score (nSPS) is 13.2. The second-order valence-electron chi connectivity index (χ2n) is 8.37. The maximum absolute atomic E-state index is 10.7. The predicted molar refractivity (Wildman–Crippen MR) is 167 cm³/mol. The van der Waals surface area contributed by atoms with Crippen molar-refractivity contribution < 1.29 is 34.4 Å². The first kappa shape index (κ1) is 47.8. The Kier molecular flexibility index (Phi) is 26.8. The van der Waals surface area contributed by atoms with Gasteiger partial charge in [-0.1, -0.05) is 31.5 Å². The van der Waals surface area contributed by atoms with E-state index in [4.69, 9.17) is 27.3 Å². The number of nitrogens with zero attached hydrogens (tertiary/aromatic N) is 4. The lowest BCUT2D eigenvalue weighted by Crippen LogP contribution is -2.24. The zero-order chi connectivity index (χ0) is 38.0. The zero-order valence-corrected chi connectivity index (χ0v) is 26.3. The van der Waals surface area contributed by atoms with Gasteiger partial charge in [0.1, 0.15) is 0 Å². The number of nitrogens with one attached hydrogen (secondary N) is 3. The number of amides is 3. The van der Waals surface area contributed by atoms with Crippen LogP contribution in [0.15, 0.2) is 62.9 Å². The van der Waals surface area contributed by atoms with Gasteiger partial charge in [-0.05, 0) is 37.5 Å². The van der Waals surface area contributed by atoms with Crippen LogP contribution in [0.2, 0.25) is 0 Å². The SMILES string of the molecule is CC/C(=C\C(=N/O)C(N)=O)C(C)[N+](=O)[O-].CCC(/C=C(\N[O-])C(N)=O)=C(\C)[N+](=O)[O-].CCC(C=C(N[O-])C(N)=O)=C(C)[N+](=O)[O-].N=O. The topological polar surface area (TPSA) is 402 Å². The lowest BCUT2D eigenvalue weighted by molar-refractivity contribution is -0.507. The molecule has 0 saturated carbocycles. The molecule has 264 valence electrons. The molecule has 0 bridgehead atoms. The Balaban J connectivity index is -0.000000287. The van der Waals surface area contributed by atoms with Crippen LogP contribution in [-0.4, -0.2) is 49.5 Å². The molecule has 0 heterocycles. The standard InChI is InChI=1S/C8H13N3O4.2C8H12N3O4.HNO/c3*1-3-6(5(2)11(14)15)4-7(10-13)8(9)12;1-2/h4-5,13H,3H2,1-2H3,(H2,9,12);2*4,10H,3H2,1-2H3,(H2,9,12);1H/q;2*-1;/b6-4+,10-7+;6-5-,7-4-;;. The summed E-state index contributed by atoms with van der Waals surface area (Å²) >= 11 is 0. The van der Waals surface area contributed by atoms with Crippen LogP contribution in [0.3, 0.4) is 0 Å². The number of nitrogens with two attached hydrogens (primary N) is 3. The Labute approximate surface area is 267 Å².